The van der Waals surface area contributed by atoms with Crippen molar-refractivity contribution < 1.29 is 14.4 Å². The number of Topliss-reactive ketones (excluding diaryl/α,β-unsaturated/α-hetero) is 1. The molecular weight excluding hydrogens is 312 g/mol. The van der Waals surface area contributed by atoms with Crippen molar-refractivity contribution in [2.24, 2.45) is 0 Å². The first-order valence-corrected chi connectivity index (χ1v) is 8.13. The Bertz CT molecular complexity index is 785. The molecule has 1 unspecified atom stereocenters. The molecule has 1 aliphatic heterocycles. The van der Waals surface area contributed by atoms with E-state index in [-0.39, 0.29) is 12.3 Å². The van der Waals surface area contributed by atoms with Crippen molar-refractivity contribution >= 4 is 29.1 Å². The Labute approximate surface area is 137 Å². The summed E-state index contributed by atoms with van der Waals surface area (Å²) in [5.74, 6) is -0.649. The van der Waals surface area contributed by atoms with E-state index in [1.165, 1.54) is 11.3 Å². The molecule has 118 valence electrons. The molecule has 1 aromatic carbocycles. The highest BCUT2D eigenvalue weighted by molar-refractivity contribution is 7.08. The number of amides is 3. The Balaban J connectivity index is 1.84. The highest BCUT2D eigenvalue weighted by Crippen LogP contribution is 2.30. The fourth-order valence-corrected chi connectivity index (χ4v) is 3.46. The Hall–Kier alpha value is -2.47. The maximum Gasteiger partial charge on any atom is 0.325 e. The minimum atomic E-state index is -1.11. The summed E-state index contributed by atoms with van der Waals surface area (Å²) in [6, 6.07) is 8.40. The molecule has 2 aromatic rings. The fourth-order valence-electron chi connectivity index (χ4n) is 2.70. The van der Waals surface area contributed by atoms with Gasteiger partial charge >= 0.3 is 6.03 Å². The number of hydrogen-bond donors (Lipinski definition) is 1. The number of rotatable bonds is 4. The third-order valence-corrected chi connectivity index (χ3v) is 4.80. The number of benzene rings is 1. The van der Waals surface area contributed by atoms with Gasteiger partial charge in [-0.2, -0.15) is 11.3 Å². The molecule has 1 saturated heterocycles. The van der Waals surface area contributed by atoms with Crippen molar-refractivity contribution in [2.45, 2.75) is 19.4 Å². The molecule has 1 aromatic heterocycles. The van der Waals surface area contributed by atoms with Crippen LogP contribution in [0.2, 0.25) is 0 Å². The van der Waals surface area contributed by atoms with E-state index in [0.29, 0.717) is 5.56 Å². The SMILES string of the molecule is Cc1ccccc1C(=O)CN1C(=O)NC(C)(c2ccsc2)C1=O. The van der Waals surface area contributed by atoms with Crippen LogP contribution in [0.4, 0.5) is 4.79 Å². The van der Waals surface area contributed by atoms with E-state index in [9.17, 15) is 14.4 Å². The van der Waals surface area contributed by atoms with Gasteiger partial charge in [-0.3, -0.25) is 14.5 Å². The Morgan fingerprint density at radius 3 is 2.65 bits per heavy atom. The second-order valence-electron chi connectivity index (χ2n) is 5.70. The van der Waals surface area contributed by atoms with Crippen molar-refractivity contribution in [3.8, 4) is 0 Å². The molecule has 2 heterocycles. The zero-order valence-electron chi connectivity index (χ0n) is 12.8. The normalized spacial score (nSPS) is 20.7. The van der Waals surface area contributed by atoms with Crippen LogP contribution >= 0.6 is 11.3 Å². The number of imide groups is 1. The maximum atomic E-state index is 12.7. The largest absolute Gasteiger partial charge is 0.325 e. The number of urea groups is 1. The average Bonchev–Trinajstić information content (AvgIpc) is 3.12. The highest BCUT2D eigenvalue weighted by Gasteiger charge is 2.49. The predicted molar refractivity (Wildman–Crippen MR) is 87.4 cm³/mol. The lowest BCUT2D eigenvalue weighted by Gasteiger charge is -2.20. The number of carbonyl (C=O) groups excluding carboxylic acids is 3. The molecule has 1 N–H and O–H groups in total. The Kier molecular flexibility index (Phi) is 3.77. The molecule has 0 radical (unpaired) electrons. The van der Waals surface area contributed by atoms with Gasteiger partial charge in [0, 0.05) is 5.56 Å². The molecule has 1 fully saturated rings. The number of carbonyl (C=O) groups is 3. The molecule has 1 atom stereocenters. The predicted octanol–water partition coefficient (Wildman–Crippen LogP) is 2.71. The van der Waals surface area contributed by atoms with Gasteiger partial charge in [-0.25, -0.2) is 4.79 Å². The zero-order valence-corrected chi connectivity index (χ0v) is 13.6. The van der Waals surface area contributed by atoms with Crippen LogP contribution in [0.3, 0.4) is 0 Å². The third kappa shape index (κ3) is 2.55. The lowest BCUT2D eigenvalue weighted by molar-refractivity contribution is -0.130. The summed E-state index contributed by atoms with van der Waals surface area (Å²) in [5.41, 5.74) is 0.970. The van der Waals surface area contributed by atoms with E-state index in [1.807, 2.05) is 29.8 Å². The monoisotopic (exact) mass is 328 g/mol. The minimum Gasteiger partial charge on any atom is -0.319 e. The first-order valence-electron chi connectivity index (χ1n) is 7.19. The fraction of sp³-hybridized carbons (Fsp3) is 0.235. The smallest absolute Gasteiger partial charge is 0.319 e. The minimum absolute atomic E-state index is 0.249. The van der Waals surface area contributed by atoms with Crippen molar-refractivity contribution in [3.05, 3.63) is 57.8 Å². The first-order chi connectivity index (χ1) is 10.9. The van der Waals surface area contributed by atoms with Gasteiger partial charge in [-0.05, 0) is 41.8 Å². The van der Waals surface area contributed by atoms with Crippen LogP contribution < -0.4 is 5.32 Å². The molecule has 1 aliphatic rings. The maximum absolute atomic E-state index is 12.7. The first kappa shape index (κ1) is 15.4. The van der Waals surface area contributed by atoms with Crippen LogP contribution in [-0.4, -0.2) is 29.2 Å². The number of aryl methyl sites for hydroxylation is 1. The molecule has 6 heteroatoms. The van der Waals surface area contributed by atoms with Gasteiger partial charge < -0.3 is 5.32 Å². The zero-order chi connectivity index (χ0) is 16.6. The highest BCUT2D eigenvalue weighted by atomic mass is 32.1. The van der Waals surface area contributed by atoms with Gasteiger partial charge in [0.1, 0.15) is 5.54 Å². The summed E-state index contributed by atoms with van der Waals surface area (Å²) in [6.45, 7) is 3.23. The number of hydrogen-bond acceptors (Lipinski definition) is 4. The second-order valence-corrected chi connectivity index (χ2v) is 6.48. The molecule has 3 amide bonds. The van der Waals surface area contributed by atoms with Gasteiger partial charge in [0.25, 0.3) is 5.91 Å². The number of nitrogens with one attached hydrogen (secondary N) is 1. The van der Waals surface area contributed by atoms with Gasteiger partial charge in [-0.15, -0.1) is 0 Å². The quantitative estimate of drug-likeness (QED) is 0.693. The van der Waals surface area contributed by atoms with Crippen molar-refractivity contribution in [1.82, 2.24) is 10.2 Å². The van der Waals surface area contributed by atoms with Crippen molar-refractivity contribution in [2.75, 3.05) is 6.54 Å². The standard InChI is InChI=1S/C17H16N2O3S/c1-11-5-3-4-6-13(11)14(20)9-19-15(21)17(2,18-16(19)22)12-7-8-23-10-12/h3-8,10H,9H2,1-2H3,(H,18,22). The van der Waals surface area contributed by atoms with E-state index < -0.39 is 17.5 Å². The van der Waals surface area contributed by atoms with Gasteiger partial charge in [0.2, 0.25) is 0 Å². The molecule has 3 rings (SSSR count). The molecule has 0 bridgehead atoms. The van der Waals surface area contributed by atoms with E-state index in [2.05, 4.69) is 5.32 Å². The van der Waals surface area contributed by atoms with Gasteiger partial charge in [0.05, 0.1) is 6.54 Å². The van der Waals surface area contributed by atoms with Crippen LogP contribution in [0.1, 0.15) is 28.4 Å². The third-order valence-electron chi connectivity index (χ3n) is 4.12. The Morgan fingerprint density at radius 1 is 1.26 bits per heavy atom. The summed E-state index contributed by atoms with van der Waals surface area (Å²) in [7, 11) is 0. The van der Waals surface area contributed by atoms with Gasteiger partial charge in [0.15, 0.2) is 5.78 Å². The summed E-state index contributed by atoms with van der Waals surface area (Å²) in [4.78, 5) is 38.3. The summed E-state index contributed by atoms with van der Waals surface area (Å²) >= 11 is 1.45. The molecule has 0 saturated carbocycles. The van der Waals surface area contributed by atoms with E-state index in [4.69, 9.17) is 0 Å². The lowest BCUT2D eigenvalue weighted by atomic mass is 9.95. The Morgan fingerprint density at radius 2 is 2.00 bits per heavy atom. The molecular formula is C17H16N2O3S. The number of thiophene rings is 1. The van der Waals surface area contributed by atoms with Crippen LogP contribution in [-0.2, 0) is 10.3 Å². The summed E-state index contributed by atoms with van der Waals surface area (Å²) in [5, 5.41) is 6.37. The number of nitrogens with zero attached hydrogens (tertiary/aromatic N) is 1. The molecule has 5 nitrogen and oxygen atoms in total. The molecule has 0 spiro atoms. The van der Waals surface area contributed by atoms with E-state index in [0.717, 1.165) is 16.0 Å². The van der Waals surface area contributed by atoms with Gasteiger partial charge in [-0.1, -0.05) is 24.3 Å². The lowest BCUT2D eigenvalue weighted by Crippen LogP contribution is -2.41. The average molecular weight is 328 g/mol. The summed E-state index contributed by atoms with van der Waals surface area (Å²) < 4.78 is 0. The van der Waals surface area contributed by atoms with Crippen LogP contribution in [0.5, 0.6) is 0 Å². The van der Waals surface area contributed by atoms with Crippen molar-refractivity contribution in [1.29, 1.82) is 0 Å². The van der Waals surface area contributed by atoms with Crippen LogP contribution in [0.15, 0.2) is 41.1 Å². The van der Waals surface area contributed by atoms with Crippen LogP contribution in [0.25, 0.3) is 0 Å². The summed E-state index contributed by atoms with van der Waals surface area (Å²) in [6.07, 6.45) is 0. The topological polar surface area (TPSA) is 66.5 Å². The van der Waals surface area contributed by atoms with E-state index >= 15 is 0 Å². The number of ketones is 1. The van der Waals surface area contributed by atoms with Crippen molar-refractivity contribution in [3.63, 3.8) is 0 Å². The molecule has 0 aliphatic carbocycles. The molecule has 23 heavy (non-hydrogen) atoms. The van der Waals surface area contributed by atoms with E-state index in [1.54, 1.807) is 25.1 Å². The second kappa shape index (κ2) is 5.62. The van der Waals surface area contributed by atoms with Crippen LogP contribution in [0, 0.1) is 6.92 Å².